The van der Waals surface area contributed by atoms with E-state index in [1.54, 1.807) is 0 Å². The fraction of sp³-hybridized carbons (Fsp3) is 0.333. The third-order valence-corrected chi connectivity index (χ3v) is 4.24. The van der Waals surface area contributed by atoms with Crippen LogP contribution in [0.3, 0.4) is 0 Å². The van der Waals surface area contributed by atoms with E-state index in [4.69, 9.17) is 0 Å². The van der Waals surface area contributed by atoms with Gasteiger partial charge in [0.2, 0.25) is 0 Å². The average Bonchev–Trinajstić information content (AvgIpc) is 1.69. The smallest absolute Gasteiger partial charge is 0 e. The second-order valence-electron chi connectivity index (χ2n) is 1.51. The van der Waals surface area contributed by atoms with Gasteiger partial charge in [0.25, 0.3) is 0 Å². The molecule has 0 aliphatic rings. The number of hydrogen-bond donors (Lipinski definition) is 0. The van der Waals surface area contributed by atoms with E-state index in [2.05, 4.69) is 13.2 Å². The van der Waals surface area contributed by atoms with E-state index in [1.807, 2.05) is 12.2 Å². The van der Waals surface area contributed by atoms with Crippen molar-refractivity contribution in [2.75, 3.05) is 0 Å². The van der Waals surface area contributed by atoms with Crippen molar-refractivity contribution in [2.45, 2.75) is 10.0 Å². The molecule has 0 saturated carbocycles. The van der Waals surface area contributed by atoms with Gasteiger partial charge in [0.05, 0.1) is 0 Å². The summed E-state index contributed by atoms with van der Waals surface area (Å²) in [5, 5.41) is 2.61. The molecule has 0 aromatic carbocycles. The first-order chi connectivity index (χ1) is 3.41. The first-order valence-corrected chi connectivity index (χ1v) is 6.83. The van der Waals surface area contributed by atoms with E-state index in [0.717, 1.165) is 0 Å². The van der Waals surface area contributed by atoms with E-state index in [-0.39, 0.29) is 30.6 Å². The minimum atomic E-state index is -0.184. The predicted octanol–water partition coefficient (Wildman–Crippen LogP) is 2.93. The largest absolute Gasteiger partial charge is 0 e. The standard InChI is InChI=1S/2C3H5.S.Zn/c2*1-3-2;;/h2*3H,1-2H2;;. The Morgan fingerprint density at radius 2 is 1.50 bits per heavy atom. The summed E-state index contributed by atoms with van der Waals surface area (Å²) in [5.74, 6) is 0. The fourth-order valence-corrected chi connectivity index (χ4v) is 2.11. The van der Waals surface area contributed by atoms with Crippen LogP contribution in [-0.4, -0.2) is 0 Å². The van der Waals surface area contributed by atoms with Gasteiger partial charge in [-0.25, -0.2) is 0 Å². The number of hydrogen-bond acceptors (Lipinski definition) is 0. The Balaban J connectivity index is 0. The summed E-state index contributed by atoms with van der Waals surface area (Å²) >= 11 is -0.184. The first kappa shape index (κ1) is 11.3. The van der Waals surface area contributed by atoms with Gasteiger partial charge in [0.1, 0.15) is 0 Å². The maximum atomic E-state index is 3.65. The molecule has 0 bridgehead atoms. The Morgan fingerprint density at radius 3 is 1.75 bits per heavy atom. The Morgan fingerprint density at radius 1 is 1.12 bits per heavy atom. The zero-order chi connectivity index (χ0) is 5.54. The van der Waals surface area contributed by atoms with Gasteiger partial charge in [-0.1, -0.05) is 0 Å². The van der Waals surface area contributed by atoms with Gasteiger partial charge in [-0.3, -0.25) is 0 Å². The molecular weight excluding hydrogens is 170 g/mol. The summed E-state index contributed by atoms with van der Waals surface area (Å²) < 4.78 is 0. The molecule has 0 amide bonds. The molecule has 0 aliphatic heterocycles. The molecule has 0 nitrogen and oxygen atoms in total. The molecule has 0 aliphatic carbocycles. The van der Waals surface area contributed by atoms with Crippen LogP contribution in [0.25, 0.3) is 0 Å². The van der Waals surface area contributed by atoms with Gasteiger partial charge in [-0.05, 0) is 0 Å². The van der Waals surface area contributed by atoms with Crippen LogP contribution in [0.2, 0.25) is 10.0 Å². The van der Waals surface area contributed by atoms with Gasteiger partial charge in [0, 0.05) is 13.5 Å². The van der Waals surface area contributed by atoms with Crippen LogP contribution in [0.15, 0.2) is 25.3 Å². The number of rotatable bonds is 4. The van der Waals surface area contributed by atoms with Crippen LogP contribution in [0.4, 0.5) is 0 Å². The maximum absolute atomic E-state index is 3.65. The van der Waals surface area contributed by atoms with Crippen molar-refractivity contribution in [1.29, 1.82) is 0 Å². The molecule has 0 spiro atoms. The molecule has 0 atom stereocenters. The second-order valence-corrected chi connectivity index (χ2v) is 5.41. The molecule has 0 unspecified atom stereocenters. The summed E-state index contributed by atoms with van der Waals surface area (Å²) in [4.78, 5) is 0. The van der Waals surface area contributed by atoms with Gasteiger partial charge < -0.3 is 0 Å². The van der Waals surface area contributed by atoms with Crippen LogP contribution in [-0.2, 0) is 17.1 Å². The SMILES string of the molecule is C=C[CH2][Zn][CH2]C=C.[S]. The Hall–Kier alpha value is 0.453. The molecule has 0 saturated heterocycles. The third-order valence-electron chi connectivity index (χ3n) is 0.816. The van der Waals surface area contributed by atoms with Crippen LogP contribution < -0.4 is 0 Å². The summed E-state index contributed by atoms with van der Waals surface area (Å²) in [6.45, 7) is 7.29. The molecule has 2 heteroatoms. The monoisotopic (exact) mass is 178 g/mol. The van der Waals surface area contributed by atoms with E-state index in [1.165, 1.54) is 10.0 Å². The van der Waals surface area contributed by atoms with Crippen LogP contribution >= 0.6 is 13.5 Å². The minimum absolute atomic E-state index is 0. The number of allylic oxidation sites excluding steroid dienone is 2. The van der Waals surface area contributed by atoms with Gasteiger partial charge in [-0.2, -0.15) is 0 Å². The van der Waals surface area contributed by atoms with Crippen molar-refractivity contribution >= 4 is 13.5 Å². The molecule has 0 aromatic heterocycles. The average molecular weight is 180 g/mol. The predicted molar refractivity (Wildman–Crippen MR) is 37.6 cm³/mol. The van der Waals surface area contributed by atoms with Gasteiger partial charge in [0.15, 0.2) is 0 Å². The Bertz CT molecular complexity index is 53.5. The maximum Gasteiger partial charge on any atom is 0 e. The summed E-state index contributed by atoms with van der Waals surface area (Å²) in [6, 6.07) is 0. The summed E-state index contributed by atoms with van der Waals surface area (Å²) in [7, 11) is 0. The van der Waals surface area contributed by atoms with Crippen molar-refractivity contribution in [3.05, 3.63) is 25.3 Å². The van der Waals surface area contributed by atoms with Crippen LogP contribution in [0.1, 0.15) is 0 Å². The molecule has 0 heterocycles. The van der Waals surface area contributed by atoms with Gasteiger partial charge >= 0.3 is 52.5 Å². The van der Waals surface area contributed by atoms with Crippen molar-refractivity contribution in [2.24, 2.45) is 0 Å². The Kier molecular flexibility index (Phi) is 14.7. The molecular formula is C6H10SZn. The quantitative estimate of drug-likeness (QED) is 0.354. The van der Waals surface area contributed by atoms with E-state index >= 15 is 0 Å². The third kappa shape index (κ3) is 9.68. The summed E-state index contributed by atoms with van der Waals surface area (Å²) in [5.41, 5.74) is 0. The zero-order valence-corrected chi connectivity index (χ0v) is 8.88. The van der Waals surface area contributed by atoms with E-state index in [0.29, 0.717) is 0 Å². The molecule has 8 heavy (non-hydrogen) atoms. The van der Waals surface area contributed by atoms with Crippen LogP contribution in [0, 0.1) is 0 Å². The zero-order valence-electron chi connectivity index (χ0n) is 5.10. The van der Waals surface area contributed by atoms with Crippen molar-refractivity contribution in [3.63, 3.8) is 0 Å². The normalized spacial score (nSPS) is 6.00. The first-order valence-electron chi connectivity index (χ1n) is 2.63. The van der Waals surface area contributed by atoms with E-state index in [9.17, 15) is 0 Å². The molecule has 0 rings (SSSR count). The van der Waals surface area contributed by atoms with Crippen molar-refractivity contribution in [1.82, 2.24) is 0 Å². The van der Waals surface area contributed by atoms with E-state index < -0.39 is 0 Å². The van der Waals surface area contributed by atoms with Crippen molar-refractivity contribution in [3.8, 4) is 0 Å². The molecule has 0 fully saturated rings. The van der Waals surface area contributed by atoms with Crippen molar-refractivity contribution < 1.29 is 17.1 Å². The Labute approximate surface area is 66.1 Å². The minimum Gasteiger partial charge on any atom is 0 e. The summed E-state index contributed by atoms with van der Waals surface area (Å²) in [6.07, 6.45) is 4.03. The molecule has 0 aromatic rings. The molecule has 42 valence electrons. The van der Waals surface area contributed by atoms with Crippen LogP contribution in [0.5, 0.6) is 0 Å². The second kappa shape index (κ2) is 10.4. The van der Waals surface area contributed by atoms with Gasteiger partial charge in [-0.15, -0.1) is 0 Å². The topological polar surface area (TPSA) is 0 Å². The fourth-order valence-electron chi connectivity index (χ4n) is 0.407. The molecule has 2 radical (unpaired) electrons. The molecule has 0 N–H and O–H groups in total.